The SMILES string of the molecule is NC(=O)c1cc(NC2CCN(C3CC3)C2)cc(C(N)=O)c1. The Kier molecular flexibility index (Phi) is 3.55. The molecule has 6 heteroatoms. The maximum absolute atomic E-state index is 11.3. The molecule has 21 heavy (non-hydrogen) atoms. The zero-order chi connectivity index (χ0) is 15.0. The first-order valence-electron chi connectivity index (χ1n) is 7.28. The molecule has 1 atom stereocenters. The summed E-state index contributed by atoms with van der Waals surface area (Å²) >= 11 is 0. The van der Waals surface area contributed by atoms with E-state index in [2.05, 4.69) is 10.2 Å². The molecule has 1 saturated heterocycles. The topological polar surface area (TPSA) is 101 Å². The van der Waals surface area contributed by atoms with E-state index in [1.807, 2.05) is 0 Å². The molecular formula is C15H20N4O2. The summed E-state index contributed by atoms with van der Waals surface area (Å²) in [7, 11) is 0. The maximum Gasteiger partial charge on any atom is 0.248 e. The normalized spacial score (nSPS) is 22.2. The van der Waals surface area contributed by atoms with Crippen LogP contribution in [0.4, 0.5) is 5.69 Å². The van der Waals surface area contributed by atoms with Gasteiger partial charge in [0.1, 0.15) is 0 Å². The summed E-state index contributed by atoms with van der Waals surface area (Å²) in [6.45, 7) is 2.10. The van der Waals surface area contributed by atoms with Gasteiger partial charge in [-0.25, -0.2) is 0 Å². The van der Waals surface area contributed by atoms with Crippen LogP contribution in [-0.4, -0.2) is 41.9 Å². The summed E-state index contributed by atoms with van der Waals surface area (Å²) in [5.41, 5.74) is 11.9. The third-order valence-electron chi connectivity index (χ3n) is 4.16. The van der Waals surface area contributed by atoms with E-state index in [0.29, 0.717) is 17.2 Å². The number of carbonyl (C=O) groups is 2. The Labute approximate surface area is 123 Å². The van der Waals surface area contributed by atoms with E-state index < -0.39 is 11.8 Å². The van der Waals surface area contributed by atoms with E-state index in [0.717, 1.165) is 31.2 Å². The first-order chi connectivity index (χ1) is 10.0. The van der Waals surface area contributed by atoms with Crippen LogP contribution >= 0.6 is 0 Å². The maximum atomic E-state index is 11.3. The summed E-state index contributed by atoms with van der Waals surface area (Å²) in [6.07, 6.45) is 3.66. The van der Waals surface area contributed by atoms with Gasteiger partial charge in [-0.2, -0.15) is 0 Å². The fourth-order valence-electron chi connectivity index (χ4n) is 2.91. The number of hydrogen-bond acceptors (Lipinski definition) is 4. The van der Waals surface area contributed by atoms with Crippen LogP contribution in [0, 0.1) is 0 Å². The number of primary amides is 2. The van der Waals surface area contributed by atoms with Crippen LogP contribution in [0.2, 0.25) is 0 Å². The Morgan fingerprint density at radius 3 is 2.19 bits per heavy atom. The van der Waals surface area contributed by atoms with Gasteiger partial charge in [0.2, 0.25) is 11.8 Å². The summed E-state index contributed by atoms with van der Waals surface area (Å²) in [5, 5.41) is 3.39. The zero-order valence-corrected chi connectivity index (χ0v) is 11.8. The van der Waals surface area contributed by atoms with E-state index in [4.69, 9.17) is 11.5 Å². The highest BCUT2D eigenvalue weighted by atomic mass is 16.1. The monoisotopic (exact) mass is 288 g/mol. The van der Waals surface area contributed by atoms with Crippen molar-refractivity contribution in [2.24, 2.45) is 11.5 Å². The van der Waals surface area contributed by atoms with Gasteiger partial charge in [0.15, 0.2) is 0 Å². The first kappa shape index (κ1) is 13.9. The molecule has 0 spiro atoms. The predicted molar refractivity (Wildman–Crippen MR) is 80.1 cm³/mol. The van der Waals surface area contributed by atoms with Gasteiger partial charge in [-0.05, 0) is 37.5 Å². The third-order valence-corrected chi connectivity index (χ3v) is 4.16. The van der Waals surface area contributed by atoms with E-state index in [1.165, 1.54) is 18.9 Å². The van der Waals surface area contributed by atoms with Crippen LogP contribution in [0.5, 0.6) is 0 Å². The number of hydrogen-bond donors (Lipinski definition) is 3. The highest BCUT2D eigenvalue weighted by molar-refractivity contribution is 5.99. The van der Waals surface area contributed by atoms with Gasteiger partial charge in [0, 0.05) is 42.0 Å². The van der Waals surface area contributed by atoms with Crippen molar-refractivity contribution in [1.29, 1.82) is 0 Å². The minimum Gasteiger partial charge on any atom is -0.381 e. The molecule has 6 nitrogen and oxygen atoms in total. The van der Waals surface area contributed by atoms with Crippen LogP contribution in [0.1, 0.15) is 40.0 Å². The van der Waals surface area contributed by atoms with Crippen LogP contribution in [0.15, 0.2) is 18.2 Å². The highest BCUT2D eigenvalue weighted by Gasteiger charge is 2.34. The summed E-state index contributed by atoms with van der Waals surface area (Å²) in [5.74, 6) is -1.13. The van der Waals surface area contributed by atoms with Crippen molar-refractivity contribution in [2.45, 2.75) is 31.3 Å². The van der Waals surface area contributed by atoms with E-state index in [1.54, 1.807) is 12.1 Å². The highest BCUT2D eigenvalue weighted by Crippen LogP contribution is 2.30. The average Bonchev–Trinajstić information content (AvgIpc) is 3.19. The van der Waals surface area contributed by atoms with Gasteiger partial charge >= 0.3 is 0 Å². The summed E-state index contributed by atoms with van der Waals surface area (Å²) in [4.78, 5) is 25.2. The number of likely N-dealkylation sites (tertiary alicyclic amines) is 1. The van der Waals surface area contributed by atoms with Gasteiger partial charge in [0.05, 0.1) is 0 Å². The van der Waals surface area contributed by atoms with Crippen molar-refractivity contribution < 1.29 is 9.59 Å². The molecular weight excluding hydrogens is 268 g/mol. The van der Waals surface area contributed by atoms with Crippen molar-refractivity contribution in [3.8, 4) is 0 Å². The fraction of sp³-hybridized carbons (Fsp3) is 0.467. The second-order valence-electron chi connectivity index (χ2n) is 5.88. The molecule has 2 fully saturated rings. The molecule has 1 aromatic rings. The lowest BCUT2D eigenvalue weighted by molar-refractivity contribution is 0.0999. The number of amides is 2. The molecule has 112 valence electrons. The number of benzene rings is 1. The molecule has 5 N–H and O–H groups in total. The summed E-state index contributed by atoms with van der Waals surface area (Å²) in [6, 6.07) is 5.87. The lowest BCUT2D eigenvalue weighted by Gasteiger charge is -2.17. The lowest BCUT2D eigenvalue weighted by atomic mass is 10.1. The largest absolute Gasteiger partial charge is 0.381 e. The second-order valence-corrected chi connectivity index (χ2v) is 5.88. The van der Waals surface area contributed by atoms with Crippen molar-refractivity contribution >= 4 is 17.5 Å². The fourth-order valence-corrected chi connectivity index (χ4v) is 2.91. The molecule has 1 saturated carbocycles. The third kappa shape index (κ3) is 3.16. The second kappa shape index (κ2) is 5.37. The minimum absolute atomic E-state index is 0.297. The smallest absolute Gasteiger partial charge is 0.248 e. The number of rotatable bonds is 5. The molecule has 1 unspecified atom stereocenters. The van der Waals surface area contributed by atoms with Crippen LogP contribution in [0.3, 0.4) is 0 Å². The Hall–Kier alpha value is -2.08. The molecule has 1 aliphatic carbocycles. The zero-order valence-electron chi connectivity index (χ0n) is 11.8. The Morgan fingerprint density at radius 1 is 1.05 bits per heavy atom. The van der Waals surface area contributed by atoms with Gasteiger partial charge in [0.25, 0.3) is 0 Å². The average molecular weight is 288 g/mol. The van der Waals surface area contributed by atoms with Gasteiger partial charge < -0.3 is 16.8 Å². The molecule has 2 amide bonds. The van der Waals surface area contributed by atoms with E-state index >= 15 is 0 Å². The molecule has 1 aromatic carbocycles. The predicted octanol–water partition coefficient (Wildman–Crippen LogP) is 0.533. The van der Waals surface area contributed by atoms with E-state index in [-0.39, 0.29) is 0 Å². The van der Waals surface area contributed by atoms with Gasteiger partial charge in [-0.15, -0.1) is 0 Å². The molecule has 2 aliphatic rings. The number of anilines is 1. The molecule has 1 aliphatic heterocycles. The number of nitrogens with zero attached hydrogens (tertiary/aromatic N) is 1. The van der Waals surface area contributed by atoms with Crippen molar-refractivity contribution in [2.75, 3.05) is 18.4 Å². The molecule has 1 heterocycles. The quantitative estimate of drug-likeness (QED) is 0.735. The lowest BCUT2D eigenvalue weighted by Crippen LogP contribution is -2.28. The Bertz CT molecular complexity index is 551. The molecule has 0 aromatic heterocycles. The standard InChI is InChI=1S/C15H20N4O2/c16-14(20)9-5-10(15(17)21)7-12(6-9)18-11-3-4-19(8-11)13-1-2-13/h5-7,11,13,18H,1-4,8H2,(H2,16,20)(H2,17,21). The van der Waals surface area contributed by atoms with Crippen molar-refractivity contribution in [3.63, 3.8) is 0 Å². The van der Waals surface area contributed by atoms with Gasteiger partial charge in [-0.3, -0.25) is 14.5 Å². The molecule has 0 radical (unpaired) electrons. The number of nitrogens with two attached hydrogens (primary N) is 2. The summed E-state index contributed by atoms with van der Waals surface area (Å²) < 4.78 is 0. The van der Waals surface area contributed by atoms with Crippen molar-refractivity contribution in [1.82, 2.24) is 4.90 Å². The minimum atomic E-state index is -0.563. The molecule has 3 rings (SSSR count). The first-order valence-corrected chi connectivity index (χ1v) is 7.28. The Morgan fingerprint density at radius 2 is 1.67 bits per heavy atom. The van der Waals surface area contributed by atoms with E-state index in [9.17, 15) is 9.59 Å². The van der Waals surface area contributed by atoms with Crippen molar-refractivity contribution in [3.05, 3.63) is 29.3 Å². The van der Waals surface area contributed by atoms with Crippen LogP contribution < -0.4 is 16.8 Å². The van der Waals surface area contributed by atoms with Gasteiger partial charge in [-0.1, -0.05) is 0 Å². The number of carbonyl (C=O) groups excluding carboxylic acids is 2. The Balaban J connectivity index is 1.74. The number of nitrogens with one attached hydrogen (secondary N) is 1. The molecule has 0 bridgehead atoms. The van der Waals surface area contributed by atoms with Crippen LogP contribution in [-0.2, 0) is 0 Å². The van der Waals surface area contributed by atoms with Crippen LogP contribution in [0.25, 0.3) is 0 Å².